The Balaban J connectivity index is 1.71. The first-order valence-corrected chi connectivity index (χ1v) is 12.0. The molecule has 0 aliphatic heterocycles. The molecule has 1 heteroatoms. The fraction of sp³-hybridized carbons (Fsp3) is 1.00. The van der Waals surface area contributed by atoms with Crippen LogP contribution in [0.4, 0.5) is 0 Å². The lowest BCUT2D eigenvalue weighted by atomic mass is 10.0. The second kappa shape index (κ2) is 17.4. The molecule has 0 saturated heterocycles. The van der Waals surface area contributed by atoms with Crippen molar-refractivity contribution in [3.8, 4) is 0 Å². The summed E-state index contributed by atoms with van der Waals surface area (Å²) in [4.78, 5) is 0. The lowest BCUT2D eigenvalue weighted by Gasteiger charge is -2.04. The van der Waals surface area contributed by atoms with Crippen LogP contribution in [0.3, 0.4) is 0 Å². The Labute approximate surface area is 159 Å². The highest BCUT2D eigenvalue weighted by molar-refractivity contribution is 4.85. The molecule has 0 aromatic rings. The average Bonchev–Trinajstić information content (AvgIpc) is 3.37. The summed E-state index contributed by atoms with van der Waals surface area (Å²) in [6.45, 7) is 6.53. The van der Waals surface area contributed by atoms with E-state index >= 15 is 0 Å². The third-order valence-electron chi connectivity index (χ3n) is 6.00. The second-order valence-corrected chi connectivity index (χ2v) is 8.54. The van der Waals surface area contributed by atoms with Crippen LogP contribution in [0.1, 0.15) is 129 Å². The first-order valence-electron chi connectivity index (χ1n) is 12.0. The van der Waals surface area contributed by atoms with Gasteiger partial charge in [0.25, 0.3) is 0 Å². The summed E-state index contributed by atoms with van der Waals surface area (Å²) in [5.41, 5.74) is 0. The number of hydrogen-bond acceptors (Lipinski definition) is 1. The summed E-state index contributed by atoms with van der Waals surface area (Å²) in [5.74, 6) is 2.22. The third kappa shape index (κ3) is 14.8. The van der Waals surface area contributed by atoms with Gasteiger partial charge in [0.05, 0.1) is 0 Å². The van der Waals surface area contributed by atoms with Gasteiger partial charge in [-0.15, -0.1) is 0 Å². The summed E-state index contributed by atoms with van der Waals surface area (Å²) in [6, 6.07) is 0. The van der Waals surface area contributed by atoms with E-state index in [0.717, 1.165) is 25.0 Å². The molecule has 150 valence electrons. The van der Waals surface area contributed by atoms with E-state index < -0.39 is 0 Å². The quantitative estimate of drug-likeness (QED) is 0.200. The van der Waals surface area contributed by atoms with Gasteiger partial charge in [0.1, 0.15) is 0 Å². The zero-order valence-electron chi connectivity index (χ0n) is 17.7. The Morgan fingerprint density at radius 1 is 0.520 bits per heavy atom. The van der Waals surface area contributed by atoms with E-state index in [1.165, 1.54) is 109 Å². The molecule has 2 unspecified atom stereocenters. The summed E-state index contributed by atoms with van der Waals surface area (Å²) in [6.07, 6.45) is 25.7. The van der Waals surface area contributed by atoms with Crippen LogP contribution in [-0.4, -0.2) is 13.2 Å². The molecule has 1 rings (SSSR count). The van der Waals surface area contributed by atoms with Gasteiger partial charge in [-0.3, -0.25) is 0 Å². The highest BCUT2D eigenvalue weighted by atomic mass is 16.5. The number of hydrogen-bond donors (Lipinski definition) is 0. The van der Waals surface area contributed by atoms with Gasteiger partial charge in [0.2, 0.25) is 0 Å². The lowest BCUT2D eigenvalue weighted by Crippen LogP contribution is -1.97. The third-order valence-corrected chi connectivity index (χ3v) is 6.00. The molecule has 0 aromatic heterocycles. The molecule has 0 aromatic carbocycles. The highest BCUT2D eigenvalue weighted by Gasteiger charge is 2.34. The van der Waals surface area contributed by atoms with E-state index in [9.17, 15) is 0 Å². The van der Waals surface area contributed by atoms with Crippen molar-refractivity contribution in [3.63, 3.8) is 0 Å². The van der Waals surface area contributed by atoms with E-state index in [4.69, 9.17) is 4.74 Å². The molecule has 0 spiro atoms. The fourth-order valence-corrected chi connectivity index (χ4v) is 4.08. The molecule has 1 aliphatic rings. The molecule has 1 nitrogen and oxygen atoms in total. The molecule has 0 bridgehead atoms. The molecule has 2 atom stereocenters. The molecule has 0 N–H and O–H groups in total. The van der Waals surface area contributed by atoms with E-state index in [2.05, 4.69) is 13.8 Å². The van der Waals surface area contributed by atoms with Crippen molar-refractivity contribution in [1.82, 2.24) is 0 Å². The van der Waals surface area contributed by atoms with E-state index in [1.807, 2.05) is 0 Å². The minimum atomic E-state index is 0.982. The topological polar surface area (TPSA) is 9.23 Å². The van der Waals surface area contributed by atoms with Crippen molar-refractivity contribution in [2.45, 2.75) is 129 Å². The maximum absolute atomic E-state index is 5.68. The largest absolute Gasteiger partial charge is 0.381 e. The number of ether oxygens (including phenoxy) is 1. The van der Waals surface area contributed by atoms with Crippen molar-refractivity contribution in [3.05, 3.63) is 0 Å². The van der Waals surface area contributed by atoms with Crippen molar-refractivity contribution < 1.29 is 4.74 Å². The van der Waals surface area contributed by atoms with Gasteiger partial charge in [-0.1, -0.05) is 110 Å². The normalized spacial score (nSPS) is 19.4. The standard InChI is InChI=1S/C24H48O/c1-3-5-7-8-9-10-11-14-18-23-22-24(23)19-15-12-13-17-21-25-20-16-6-4-2/h23-24H,3-22H2,1-2H3. The molecule has 0 heterocycles. The average molecular weight is 353 g/mol. The SMILES string of the molecule is CCCCCCCCCCC1CC1CCCCCCOCCCCC. The van der Waals surface area contributed by atoms with Crippen LogP contribution < -0.4 is 0 Å². The zero-order chi connectivity index (χ0) is 18.0. The Hall–Kier alpha value is -0.0400. The molecule has 0 radical (unpaired) electrons. The molecule has 25 heavy (non-hydrogen) atoms. The van der Waals surface area contributed by atoms with Crippen molar-refractivity contribution in [2.75, 3.05) is 13.2 Å². The van der Waals surface area contributed by atoms with Crippen molar-refractivity contribution in [2.24, 2.45) is 11.8 Å². The molecular weight excluding hydrogens is 304 g/mol. The summed E-state index contributed by atoms with van der Waals surface area (Å²) < 4.78 is 5.68. The zero-order valence-corrected chi connectivity index (χ0v) is 17.7. The van der Waals surface area contributed by atoms with E-state index in [1.54, 1.807) is 6.42 Å². The molecule has 1 saturated carbocycles. The van der Waals surface area contributed by atoms with Gasteiger partial charge >= 0.3 is 0 Å². The minimum Gasteiger partial charge on any atom is -0.381 e. The van der Waals surface area contributed by atoms with Crippen LogP contribution in [0, 0.1) is 11.8 Å². The van der Waals surface area contributed by atoms with Gasteiger partial charge in [-0.05, 0) is 31.1 Å². The number of rotatable bonds is 20. The van der Waals surface area contributed by atoms with Crippen LogP contribution in [0.2, 0.25) is 0 Å². The number of unbranched alkanes of at least 4 members (excludes halogenated alkanes) is 12. The molecule has 0 amide bonds. The smallest absolute Gasteiger partial charge is 0.0466 e. The minimum absolute atomic E-state index is 0.982. The monoisotopic (exact) mass is 352 g/mol. The van der Waals surface area contributed by atoms with Gasteiger partial charge in [0, 0.05) is 13.2 Å². The summed E-state index contributed by atoms with van der Waals surface area (Å²) in [7, 11) is 0. The van der Waals surface area contributed by atoms with Gasteiger partial charge < -0.3 is 4.74 Å². The van der Waals surface area contributed by atoms with E-state index in [0.29, 0.717) is 0 Å². The lowest BCUT2D eigenvalue weighted by molar-refractivity contribution is 0.126. The van der Waals surface area contributed by atoms with Crippen LogP contribution in [0.25, 0.3) is 0 Å². The summed E-state index contributed by atoms with van der Waals surface area (Å²) in [5, 5.41) is 0. The Morgan fingerprint density at radius 3 is 1.48 bits per heavy atom. The molecule has 1 fully saturated rings. The molecule has 1 aliphatic carbocycles. The summed E-state index contributed by atoms with van der Waals surface area (Å²) >= 11 is 0. The van der Waals surface area contributed by atoms with Crippen LogP contribution in [-0.2, 0) is 4.74 Å². The highest BCUT2D eigenvalue weighted by Crippen LogP contribution is 2.45. The maximum Gasteiger partial charge on any atom is 0.0466 e. The van der Waals surface area contributed by atoms with Crippen LogP contribution in [0.15, 0.2) is 0 Å². The Kier molecular flexibility index (Phi) is 16.0. The Bertz CT molecular complexity index is 263. The van der Waals surface area contributed by atoms with Gasteiger partial charge in [-0.25, -0.2) is 0 Å². The first-order chi connectivity index (χ1) is 12.4. The maximum atomic E-state index is 5.68. The van der Waals surface area contributed by atoms with Gasteiger partial charge in [-0.2, -0.15) is 0 Å². The van der Waals surface area contributed by atoms with Crippen LogP contribution in [0.5, 0.6) is 0 Å². The second-order valence-electron chi connectivity index (χ2n) is 8.54. The first kappa shape index (κ1) is 23.0. The van der Waals surface area contributed by atoms with Gasteiger partial charge in [0.15, 0.2) is 0 Å². The van der Waals surface area contributed by atoms with Crippen molar-refractivity contribution in [1.29, 1.82) is 0 Å². The Morgan fingerprint density at radius 2 is 0.920 bits per heavy atom. The van der Waals surface area contributed by atoms with Crippen LogP contribution >= 0.6 is 0 Å². The van der Waals surface area contributed by atoms with Crippen molar-refractivity contribution >= 4 is 0 Å². The molecular formula is C24H48O. The van der Waals surface area contributed by atoms with E-state index in [-0.39, 0.29) is 0 Å². The predicted octanol–water partition coefficient (Wildman–Crippen LogP) is 8.31. The fourth-order valence-electron chi connectivity index (χ4n) is 4.08. The predicted molar refractivity (Wildman–Crippen MR) is 112 cm³/mol.